The van der Waals surface area contributed by atoms with Crippen molar-refractivity contribution in [2.75, 3.05) is 13.1 Å². The lowest BCUT2D eigenvalue weighted by atomic mass is 9.99. The molecule has 1 amide bonds. The third kappa shape index (κ3) is 3.12. The van der Waals surface area contributed by atoms with Gasteiger partial charge in [0.1, 0.15) is 0 Å². The number of carbonyl (C=O) groups is 2. The molecule has 0 aliphatic carbocycles. The van der Waals surface area contributed by atoms with Gasteiger partial charge in [0, 0.05) is 26.6 Å². The number of benzene rings is 1. The molecular formula is C14H18N2O3. The smallest absolute Gasteiger partial charge is 0.330 e. The van der Waals surface area contributed by atoms with Crippen LogP contribution in [0.2, 0.25) is 0 Å². The Labute approximate surface area is 112 Å². The van der Waals surface area contributed by atoms with Crippen LogP contribution in [0.5, 0.6) is 0 Å². The van der Waals surface area contributed by atoms with Crippen molar-refractivity contribution < 1.29 is 14.7 Å². The van der Waals surface area contributed by atoms with Gasteiger partial charge in [0.15, 0.2) is 5.54 Å². The molecule has 102 valence electrons. The number of nitrogens with zero attached hydrogens (tertiary/aromatic N) is 1. The minimum Gasteiger partial charge on any atom is -0.479 e. The van der Waals surface area contributed by atoms with E-state index in [2.05, 4.69) is 10.2 Å². The van der Waals surface area contributed by atoms with Crippen molar-refractivity contribution in [1.82, 2.24) is 10.2 Å². The Balaban J connectivity index is 2.05. The zero-order valence-corrected chi connectivity index (χ0v) is 10.9. The van der Waals surface area contributed by atoms with Gasteiger partial charge in [-0.05, 0) is 12.0 Å². The van der Waals surface area contributed by atoms with E-state index in [0.717, 1.165) is 5.56 Å². The number of aliphatic carboxylic acids is 1. The number of amides is 1. The highest BCUT2D eigenvalue weighted by Crippen LogP contribution is 2.23. The molecule has 1 aromatic carbocycles. The Morgan fingerprint density at radius 1 is 1.37 bits per heavy atom. The Kier molecular flexibility index (Phi) is 3.85. The summed E-state index contributed by atoms with van der Waals surface area (Å²) < 4.78 is 0. The third-order valence-corrected chi connectivity index (χ3v) is 3.42. The van der Waals surface area contributed by atoms with Crippen molar-refractivity contribution in [3.8, 4) is 0 Å². The van der Waals surface area contributed by atoms with Gasteiger partial charge in [-0.1, -0.05) is 30.3 Å². The number of hydrogen-bond donors (Lipinski definition) is 2. The summed E-state index contributed by atoms with van der Waals surface area (Å²) in [6, 6.07) is 9.90. The minimum atomic E-state index is -1.14. The highest BCUT2D eigenvalue weighted by Gasteiger charge is 2.45. The SMILES string of the molecule is CC(=O)NC1(C(=O)O)CCN(Cc2ccccc2)C1. The largest absolute Gasteiger partial charge is 0.479 e. The molecule has 1 atom stereocenters. The first-order valence-corrected chi connectivity index (χ1v) is 6.30. The highest BCUT2D eigenvalue weighted by molar-refractivity contribution is 5.86. The quantitative estimate of drug-likeness (QED) is 0.844. The summed E-state index contributed by atoms with van der Waals surface area (Å²) in [6.45, 7) is 3.07. The Morgan fingerprint density at radius 3 is 2.63 bits per heavy atom. The molecule has 19 heavy (non-hydrogen) atoms. The average Bonchev–Trinajstić information content (AvgIpc) is 2.74. The number of carboxylic acid groups (broad SMARTS) is 1. The molecule has 0 spiro atoms. The maximum absolute atomic E-state index is 11.4. The Bertz CT molecular complexity index is 475. The molecule has 0 aromatic heterocycles. The molecule has 1 unspecified atom stereocenters. The van der Waals surface area contributed by atoms with Crippen LogP contribution in [0, 0.1) is 0 Å². The van der Waals surface area contributed by atoms with Crippen molar-refractivity contribution in [1.29, 1.82) is 0 Å². The van der Waals surface area contributed by atoms with Crippen LogP contribution < -0.4 is 5.32 Å². The topological polar surface area (TPSA) is 69.6 Å². The summed E-state index contributed by atoms with van der Waals surface area (Å²) in [7, 11) is 0. The van der Waals surface area contributed by atoms with E-state index in [1.165, 1.54) is 6.92 Å². The molecular weight excluding hydrogens is 244 g/mol. The van der Waals surface area contributed by atoms with Gasteiger partial charge in [0.25, 0.3) is 0 Å². The van der Waals surface area contributed by atoms with Crippen molar-refractivity contribution >= 4 is 11.9 Å². The van der Waals surface area contributed by atoms with E-state index in [9.17, 15) is 14.7 Å². The third-order valence-electron chi connectivity index (χ3n) is 3.42. The van der Waals surface area contributed by atoms with Crippen molar-refractivity contribution in [3.05, 3.63) is 35.9 Å². The minimum absolute atomic E-state index is 0.302. The van der Waals surface area contributed by atoms with E-state index in [1.807, 2.05) is 30.3 Å². The molecule has 1 fully saturated rings. The number of carboxylic acids is 1. The van der Waals surface area contributed by atoms with Gasteiger partial charge >= 0.3 is 5.97 Å². The molecule has 5 heteroatoms. The van der Waals surface area contributed by atoms with Gasteiger partial charge in [-0.2, -0.15) is 0 Å². The van der Waals surface area contributed by atoms with Gasteiger partial charge in [-0.25, -0.2) is 4.79 Å². The maximum Gasteiger partial charge on any atom is 0.330 e. The van der Waals surface area contributed by atoms with Crippen LogP contribution in [0.4, 0.5) is 0 Å². The summed E-state index contributed by atoms with van der Waals surface area (Å²) in [5.74, 6) is -1.26. The molecule has 1 saturated heterocycles. The van der Waals surface area contributed by atoms with Gasteiger partial charge in [0.05, 0.1) is 0 Å². The predicted octanol–water partition coefficient (Wildman–Crippen LogP) is 0.852. The van der Waals surface area contributed by atoms with Crippen LogP contribution in [0.3, 0.4) is 0 Å². The predicted molar refractivity (Wildman–Crippen MR) is 70.5 cm³/mol. The second kappa shape index (κ2) is 5.40. The zero-order chi connectivity index (χ0) is 13.9. The molecule has 2 N–H and O–H groups in total. The summed E-state index contributed by atoms with van der Waals surface area (Å²) in [5.41, 5.74) is 0.00664. The summed E-state index contributed by atoms with van der Waals surface area (Å²) in [6.07, 6.45) is 0.439. The number of hydrogen-bond acceptors (Lipinski definition) is 3. The van der Waals surface area contributed by atoms with E-state index < -0.39 is 11.5 Å². The first-order chi connectivity index (χ1) is 9.02. The van der Waals surface area contributed by atoms with Crippen LogP contribution in [-0.4, -0.2) is 40.5 Å². The molecule has 0 radical (unpaired) electrons. The van der Waals surface area contributed by atoms with Gasteiger partial charge in [-0.3, -0.25) is 9.69 Å². The lowest BCUT2D eigenvalue weighted by Gasteiger charge is -2.25. The first kappa shape index (κ1) is 13.5. The summed E-state index contributed by atoms with van der Waals surface area (Å²) >= 11 is 0. The fourth-order valence-corrected chi connectivity index (χ4v) is 2.53. The van der Waals surface area contributed by atoms with E-state index in [1.54, 1.807) is 0 Å². The molecule has 0 saturated carbocycles. The van der Waals surface area contributed by atoms with Gasteiger partial charge in [0.2, 0.25) is 5.91 Å². The molecule has 1 aromatic rings. The van der Waals surface area contributed by atoms with E-state index >= 15 is 0 Å². The summed E-state index contributed by atoms with van der Waals surface area (Å²) in [5, 5.41) is 11.9. The van der Waals surface area contributed by atoms with E-state index in [4.69, 9.17) is 0 Å². The monoisotopic (exact) mass is 262 g/mol. The van der Waals surface area contributed by atoms with Gasteiger partial charge in [-0.15, -0.1) is 0 Å². The van der Waals surface area contributed by atoms with Crippen LogP contribution in [0.15, 0.2) is 30.3 Å². The van der Waals surface area contributed by atoms with Crippen LogP contribution in [0.25, 0.3) is 0 Å². The molecule has 1 heterocycles. The zero-order valence-electron chi connectivity index (χ0n) is 10.9. The van der Waals surface area contributed by atoms with Crippen LogP contribution in [0.1, 0.15) is 18.9 Å². The fourth-order valence-electron chi connectivity index (χ4n) is 2.53. The Hall–Kier alpha value is -1.88. The summed E-state index contributed by atoms with van der Waals surface area (Å²) in [4.78, 5) is 24.7. The maximum atomic E-state index is 11.4. The number of rotatable bonds is 4. The first-order valence-electron chi connectivity index (χ1n) is 6.30. The van der Waals surface area contributed by atoms with Crippen molar-refractivity contribution in [2.24, 2.45) is 0 Å². The molecule has 2 rings (SSSR count). The van der Waals surface area contributed by atoms with Crippen LogP contribution in [-0.2, 0) is 16.1 Å². The molecule has 1 aliphatic heterocycles. The molecule has 0 bridgehead atoms. The number of nitrogens with one attached hydrogen (secondary N) is 1. The van der Waals surface area contributed by atoms with E-state index in [-0.39, 0.29) is 5.91 Å². The second-order valence-corrected chi connectivity index (χ2v) is 5.01. The fraction of sp³-hybridized carbons (Fsp3) is 0.429. The van der Waals surface area contributed by atoms with Crippen LogP contribution >= 0.6 is 0 Å². The van der Waals surface area contributed by atoms with Crippen molar-refractivity contribution in [2.45, 2.75) is 25.4 Å². The lowest BCUT2D eigenvalue weighted by Crippen LogP contribution is -2.55. The molecule has 1 aliphatic rings. The van der Waals surface area contributed by atoms with E-state index in [0.29, 0.717) is 26.1 Å². The normalized spacial score (nSPS) is 23.2. The highest BCUT2D eigenvalue weighted by atomic mass is 16.4. The Morgan fingerprint density at radius 2 is 2.05 bits per heavy atom. The molecule has 5 nitrogen and oxygen atoms in total. The number of likely N-dealkylation sites (tertiary alicyclic amines) is 1. The van der Waals surface area contributed by atoms with Gasteiger partial charge < -0.3 is 10.4 Å². The van der Waals surface area contributed by atoms with Crippen molar-refractivity contribution in [3.63, 3.8) is 0 Å². The lowest BCUT2D eigenvalue weighted by molar-refractivity contribution is -0.146. The standard InChI is InChI=1S/C14H18N2O3/c1-11(17)15-14(13(18)19)7-8-16(10-14)9-12-5-3-2-4-6-12/h2-6H,7-10H2,1H3,(H,15,17)(H,18,19). The number of carbonyl (C=O) groups excluding carboxylic acids is 1. The second-order valence-electron chi connectivity index (χ2n) is 5.01. The average molecular weight is 262 g/mol.